The van der Waals surface area contributed by atoms with Crippen molar-refractivity contribution in [1.29, 1.82) is 0 Å². The summed E-state index contributed by atoms with van der Waals surface area (Å²) in [5.41, 5.74) is 0. The molecular formula is C73H147N2O6P. The van der Waals surface area contributed by atoms with Gasteiger partial charge in [-0.2, -0.15) is 0 Å². The lowest BCUT2D eigenvalue weighted by atomic mass is 10.0. The lowest BCUT2D eigenvalue weighted by Crippen LogP contribution is -2.45. The number of aliphatic hydroxyl groups excluding tert-OH is 1. The Balaban J connectivity index is 3.91. The second-order valence-corrected chi connectivity index (χ2v) is 28.4. The van der Waals surface area contributed by atoms with E-state index in [2.05, 4.69) is 19.2 Å². The number of likely N-dealkylation sites (N-methyl/N-ethyl adjacent to an activating group) is 1. The average Bonchev–Trinajstić information content (AvgIpc) is 3.46. The molecule has 0 aromatic heterocycles. The summed E-state index contributed by atoms with van der Waals surface area (Å²) >= 11 is 0. The number of amides is 1. The molecule has 8 nitrogen and oxygen atoms in total. The Morgan fingerprint density at radius 1 is 0.415 bits per heavy atom. The van der Waals surface area contributed by atoms with E-state index >= 15 is 0 Å². The Labute approximate surface area is 513 Å². The Kier molecular flexibility index (Phi) is 64.1. The van der Waals surface area contributed by atoms with Crippen LogP contribution in [0.25, 0.3) is 0 Å². The molecule has 0 aliphatic heterocycles. The molecule has 0 bridgehead atoms. The van der Waals surface area contributed by atoms with Crippen LogP contribution in [0.15, 0.2) is 12.2 Å². The third-order valence-corrected chi connectivity index (χ3v) is 18.5. The minimum atomic E-state index is -4.60. The van der Waals surface area contributed by atoms with Crippen molar-refractivity contribution >= 4 is 13.7 Å². The first-order valence-electron chi connectivity index (χ1n) is 37.1. The highest BCUT2D eigenvalue weighted by Crippen LogP contribution is 2.38. The van der Waals surface area contributed by atoms with Crippen LogP contribution in [0.5, 0.6) is 0 Å². The van der Waals surface area contributed by atoms with Gasteiger partial charge in [-0.05, 0) is 19.3 Å². The van der Waals surface area contributed by atoms with Crippen LogP contribution in [-0.4, -0.2) is 68.5 Å². The zero-order chi connectivity index (χ0) is 59.8. The molecule has 1 amide bonds. The van der Waals surface area contributed by atoms with Gasteiger partial charge in [-0.25, -0.2) is 0 Å². The van der Waals surface area contributed by atoms with Gasteiger partial charge in [0.05, 0.1) is 39.9 Å². The first-order valence-corrected chi connectivity index (χ1v) is 38.5. The molecule has 0 aromatic carbocycles. The molecule has 0 spiro atoms. The van der Waals surface area contributed by atoms with E-state index in [-0.39, 0.29) is 19.1 Å². The fourth-order valence-corrected chi connectivity index (χ4v) is 12.5. The van der Waals surface area contributed by atoms with Crippen molar-refractivity contribution in [3.63, 3.8) is 0 Å². The van der Waals surface area contributed by atoms with Gasteiger partial charge in [0, 0.05) is 6.42 Å². The molecule has 3 unspecified atom stereocenters. The Morgan fingerprint density at radius 2 is 0.659 bits per heavy atom. The van der Waals surface area contributed by atoms with E-state index in [9.17, 15) is 19.4 Å². The molecule has 490 valence electrons. The number of unbranched alkanes of at least 4 members (excludes halogenated alkanes) is 57. The van der Waals surface area contributed by atoms with Crippen LogP contribution in [0, 0.1) is 0 Å². The van der Waals surface area contributed by atoms with Gasteiger partial charge >= 0.3 is 0 Å². The lowest BCUT2D eigenvalue weighted by Gasteiger charge is -2.29. The van der Waals surface area contributed by atoms with Gasteiger partial charge in [-0.3, -0.25) is 9.36 Å². The quantitative estimate of drug-likeness (QED) is 0.0272. The Hall–Kier alpha value is -0.760. The van der Waals surface area contributed by atoms with Crippen molar-refractivity contribution < 1.29 is 32.9 Å². The van der Waals surface area contributed by atoms with Gasteiger partial charge in [0.2, 0.25) is 5.91 Å². The van der Waals surface area contributed by atoms with Crippen LogP contribution in [0.2, 0.25) is 0 Å². The standard InChI is InChI=1S/C73H147N2O6P/c1-6-8-10-12-14-16-18-20-22-24-26-28-30-31-32-33-34-35-36-37-38-39-40-41-42-43-44-45-47-49-51-53-55-57-59-61-63-65-67-73(77)74-71(70-81-82(78,79)80-69-68-75(3,4)5)72(76)66-64-62-60-58-56-54-52-50-48-46-29-27-25-23-21-19-17-15-13-11-9-7-2/h64,66,71-72,76H,6-63,65,67-70H2,1-5H3,(H-,74,77,78,79)/b66-64+. The third kappa shape index (κ3) is 66.8. The Bertz CT molecular complexity index is 1340. The maximum Gasteiger partial charge on any atom is 0.268 e. The van der Waals surface area contributed by atoms with Crippen LogP contribution in [0.3, 0.4) is 0 Å². The van der Waals surface area contributed by atoms with Crippen molar-refractivity contribution in [3.05, 3.63) is 12.2 Å². The van der Waals surface area contributed by atoms with Crippen molar-refractivity contribution in [2.24, 2.45) is 0 Å². The zero-order valence-electron chi connectivity index (χ0n) is 56.2. The topological polar surface area (TPSA) is 108 Å². The molecule has 0 rings (SSSR count). The number of carbonyl (C=O) groups is 1. The molecule has 3 atom stereocenters. The number of nitrogens with one attached hydrogen (secondary N) is 1. The van der Waals surface area contributed by atoms with Crippen LogP contribution in [-0.2, 0) is 18.4 Å². The van der Waals surface area contributed by atoms with E-state index in [0.717, 1.165) is 38.5 Å². The number of quaternary nitrogens is 1. The number of hydrogen-bond donors (Lipinski definition) is 2. The highest BCUT2D eigenvalue weighted by atomic mass is 31.2. The van der Waals surface area contributed by atoms with E-state index in [1.54, 1.807) is 6.08 Å². The van der Waals surface area contributed by atoms with Gasteiger partial charge in [0.25, 0.3) is 7.82 Å². The second kappa shape index (κ2) is 64.7. The number of phosphoric ester groups is 1. The summed E-state index contributed by atoms with van der Waals surface area (Å²) in [5, 5.41) is 14.0. The number of hydrogen-bond acceptors (Lipinski definition) is 6. The molecule has 0 radical (unpaired) electrons. The summed E-state index contributed by atoms with van der Waals surface area (Å²) in [6, 6.07) is -0.884. The number of nitrogens with zero attached hydrogens (tertiary/aromatic N) is 1. The zero-order valence-corrected chi connectivity index (χ0v) is 57.1. The number of phosphoric acid groups is 1. The van der Waals surface area contributed by atoms with Gasteiger partial charge in [-0.15, -0.1) is 0 Å². The van der Waals surface area contributed by atoms with E-state index < -0.39 is 20.0 Å². The van der Waals surface area contributed by atoms with E-state index in [1.807, 2.05) is 27.2 Å². The Morgan fingerprint density at radius 3 is 0.915 bits per heavy atom. The molecular weight excluding hydrogens is 1030 g/mol. The maximum atomic E-state index is 13.0. The van der Waals surface area contributed by atoms with Crippen molar-refractivity contribution in [2.75, 3.05) is 40.9 Å². The van der Waals surface area contributed by atoms with Gasteiger partial charge in [-0.1, -0.05) is 386 Å². The summed E-state index contributed by atoms with van der Waals surface area (Å²) in [5.74, 6) is -0.187. The lowest BCUT2D eigenvalue weighted by molar-refractivity contribution is -0.870. The largest absolute Gasteiger partial charge is 0.756 e. The predicted octanol–water partition coefficient (Wildman–Crippen LogP) is 23.0. The summed E-state index contributed by atoms with van der Waals surface area (Å²) in [6.07, 6.45) is 83.6. The number of rotatable bonds is 70. The highest BCUT2D eigenvalue weighted by molar-refractivity contribution is 7.45. The molecule has 0 aromatic rings. The van der Waals surface area contributed by atoms with Gasteiger partial charge < -0.3 is 28.8 Å². The fraction of sp³-hybridized carbons (Fsp3) is 0.959. The fourth-order valence-electron chi connectivity index (χ4n) is 11.7. The molecule has 0 aliphatic carbocycles. The molecule has 0 fully saturated rings. The molecule has 9 heteroatoms. The van der Waals surface area contributed by atoms with Crippen LogP contribution in [0.4, 0.5) is 0 Å². The van der Waals surface area contributed by atoms with E-state index in [1.165, 1.54) is 340 Å². The summed E-state index contributed by atoms with van der Waals surface area (Å²) in [4.78, 5) is 25.6. The van der Waals surface area contributed by atoms with Crippen LogP contribution < -0.4 is 10.2 Å². The van der Waals surface area contributed by atoms with Crippen LogP contribution in [0.1, 0.15) is 399 Å². The molecule has 0 aliphatic rings. The molecule has 0 saturated heterocycles. The molecule has 82 heavy (non-hydrogen) atoms. The van der Waals surface area contributed by atoms with E-state index in [4.69, 9.17) is 9.05 Å². The minimum absolute atomic E-state index is 0.00299. The first-order chi connectivity index (χ1) is 40.0. The summed E-state index contributed by atoms with van der Waals surface area (Å²) < 4.78 is 23.5. The van der Waals surface area contributed by atoms with Gasteiger partial charge in [0.1, 0.15) is 13.2 Å². The molecule has 0 heterocycles. The first kappa shape index (κ1) is 81.2. The van der Waals surface area contributed by atoms with Crippen molar-refractivity contribution in [1.82, 2.24) is 5.32 Å². The third-order valence-electron chi connectivity index (χ3n) is 17.5. The van der Waals surface area contributed by atoms with E-state index in [0.29, 0.717) is 17.4 Å². The highest BCUT2D eigenvalue weighted by Gasteiger charge is 2.23. The number of aliphatic hydroxyl groups is 1. The van der Waals surface area contributed by atoms with Crippen LogP contribution >= 0.6 is 7.82 Å². The normalized spacial score (nSPS) is 13.6. The number of allylic oxidation sites excluding steroid dienone is 1. The molecule has 0 saturated carbocycles. The van der Waals surface area contributed by atoms with Crippen molar-refractivity contribution in [2.45, 2.75) is 411 Å². The molecule has 2 N–H and O–H groups in total. The van der Waals surface area contributed by atoms with Gasteiger partial charge in [0.15, 0.2) is 0 Å². The summed E-state index contributed by atoms with van der Waals surface area (Å²) in [7, 11) is 1.29. The maximum absolute atomic E-state index is 13.0. The average molecular weight is 1180 g/mol. The number of carbonyl (C=O) groups excluding carboxylic acids is 1. The second-order valence-electron chi connectivity index (χ2n) is 27.0. The monoisotopic (exact) mass is 1180 g/mol. The summed E-state index contributed by atoms with van der Waals surface area (Å²) in [6.45, 7) is 4.72. The van der Waals surface area contributed by atoms with Crippen molar-refractivity contribution in [3.8, 4) is 0 Å². The predicted molar refractivity (Wildman–Crippen MR) is 358 cm³/mol. The minimum Gasteiger partial charge on any atom is -0.756 e. The SMILES string of the molecule is CCCCCCCCCCCCCCCCCCCCCC/C=C/C(O)C(COP(=O)([O-])OCC[N+](C)(C)C)NC(=O)CCCCCCCCCCCCCCCCCCCCCCCCCCCCCCCCCCCCCCCC. The smallest absolute Gasteiger partial charge is 0.268 e.